The van der Waals surface area contributed by atoms with Gasteiger partial charge in [0.05, 0.1) is 18.8 Å². The summed E-state index contributed by atoms with van der Waals surface area (Å²) >= 11 is 0. The number of rotatable bonds is 8. The van der Waals surface area contributed by atoms with Gasteiger partial charge in [-0.1, -0.05) is 26.7 Å². The van der Waals surface area contributed by atoms with Crippen LogP contribution in [0.15, 0.2) is 0 Å². The number of nitrogens with zero attached hydrogens (tertiary/aromatic N) is 1. The number of likely N-dealkylation sites (tertiary alicyclic amines) is 1. The molecule has 0 N–H and O–H groups in total. The molecule has 0 saturated carbocycles. The van der Waals surface area contributed by atoms with Gasteiger partial charge in [0.2, 0.25) is 5.91 Å². The van der Waals surface area contributed by atoms with Gasteiger partial charge in [-0.05, 0) is 38.5 Å². The van der Waals surface area contributed by atoms with Gasteiger partial charge in [0.15, 0.2) is 0 Å². The van der Waals surface area contributed by atoms with Crippen molar-refractivity contribution in [2.24, 2.45) is 5.92 Å². The number of piperidine rings is 1. The number of hydrogen-bond donors (Lipinski definition) is 0. The Labute approximate surface area is 135 Å². The van der Waals surface area contributed by atoms with Crippen LogP contribution in [0.4, 0.5) is 0 Å². The fourth-order valence-corrected chi connectivity index (χ4v) is 3.61. The number of carbonyl (C=O) groups excluding carboxylic acids is 1. The highest BCUT2D eigenvalue weighted by Crippen LogP contribution is 2.22. The Balaban J connectivity index is 1.69. The van der Waals surface area contributed by atoms with E-state index in [1.165, 1.54) is 0 Å². The largest absolute Gasteiger partial charge is 0.376 e. The summed E-state index contributed by atoms with van der Waals surface area (Å²) in [5.74, 6) is 0.612. The quantitative estimate of drug-likeness (QED) is 0.690. The van der Waals surface area contributed by atoms with Crippen LogP contribution in [-0.2, 0) is 14.3 Å². The van der Waals surface area contributed by atoms with Gasteiger partial charge in [0.1, 0.15) is 0 Å². The monoisotopic (exact) mass is 311 g/mol. The zero-order chi connectivity index (χ0) is 15.8. The predicted octanol–water partition coefficient (Wildman–Crippen LogP) is 3.39. The van der Waals surface area contributed by atoms with Crippen molar-refractivity contribution in [1.82, 2.24) is 4.90 Å². The minimum Gasteiger partial charge on any atom is -0.376 e. The van der Waals surface area contributed by atoms with Gasteiger partial charge >= 0.3 is 0 Å². The molecule has 2 aliphatic rings. The average Bonchev–Trinajstić information content (AvgIpc) is 3.06. The van der Waals surface area contributed by atoms with Gasteiger partial charge in [-0.3, -0.25) is 4.79 Å². The molecule has 1 amide bonds. The number of hydrogen-bond acceptors (Lipinski definition) is 3. The summed E-state index contributed by atoms with van der Waals surface area (Å²) in [6.45, 7) is 7.67. The molecule has 0 bridgehead atoms. The van der Waals surface area contributed by atoms with Crippen LogP contribution in [0.2, 0.25) is 0 Å². The molecule has 2 aliphatic heterocycles. The van der Waals surface area contributed by atoms with Gasteiger partial charge in [-0.25, -0.2) is 0 Å². The van der Waals surface area contributed by atoms with E-state index in [-0.39, 0.29) is 5.92 Å². The Hall–Kier alpha value is -0.610. The van der Waals surface area contributed by atoms with Crippen LogP contribution in [0.25, 0.3) is 0 Å². The maximum atomic E-state index is 12.6. The van der Waals surface area contributed by atoms with E-state index in [0.29, 0.717) is 18.1 Å². The molecule has 2 rings (SSSR count). The van der Waals surface area contributed by atoms with E-state index in [1.807, 2.05) is 0 Å². The lowest BCUT2D eigenvalue weighted by Crippen LogP contribution is -2.44. The zero-order valence-corrected chi connectivity index (χ0v) is 14.4. The molecule has 2 saturated heterocycles. The molecule has 4 nitrogen and oxygen atoms in total. The van der Waals surface area contributed by atoms with E-state index in [4.69, 9.17) is 9.47 Å². The molecular weight excluding hydrogens is 278 g/mol. The smallest absolute Gasteiger partial charge is 0.225 e. The molecule has 0 radical (unpaired) electrons. The maximum absolute atomic E-state index is 12.6. The van der Waals surface area contributed by atoms with E-state index < -0.39 is 0 Å². The highest BCUT2D eigenvalue weighted by atomic mass is 16.5. The molecule has 1 unspecified atom stereocenters. The van der Waals surface area contributed by atoms with Gasteiger partial charge in [-0.2, -0.15) is 0 Å². The molecule has 2 fully saturated rings. The molecule has 0 aliphatic carbocycles. The van der Waals surface area contributed by atoms with E-state index in [9.17, 15) is 4.79 Å². The summed E-state index contributed by atoms with van der Waals surface area (Å²) in [5.41, 5.74) is 0. The molecule has 0 aromatic carbocycles. The van der Waals surface area contributed by atoms with Crippen molar-refractivity contribution in [1.29, 1.82) is 0 Å². The summed E-state index contributed by atoms with van der Waals surface area (Å²) in [6, 6.07) is 0. The number of ether oxygens (including phenoxy) is 2. The topological polar surface area (TPSA) is 38.8 Å². The van der Waals surface area contributed by atoms with Gasteiger partial charge < -0.3 is 14.4 Å². The summed E-state index contributed by atoms with van der Waals surface area (Å²) < 4.78 is 11.6. The highest BCUT2D eigenvalue weighted by molar-refractivity contribution is 5.78. The van der Waals surface area contributed by atoms with Crippen molar-refractivity contribution >= 4 is 5.91 Å². The van der Waals surface area contributed by atoms with Crippen molar-refractivity contribution in [3.63, 3.8) is 0 Å². The Morgan fingerprint density at radius 1 is 1.18 bits per heavy atom. The molecule has 0 spiro atoms. The van der Waals surface area contributed by atoms with Crippen LogP contribution in [0, 0.1) is 5.92 Å². The maximum Gasteiger partial charge on any atom is 0.225 e. The Morgan fingerprint density at radius 2 is 1.86 bits per heavy atom. The molecular formula is C18H33NO3. The first kappa shape index (κ1) is 17.7. The third-order valence-corrected chi connectivity index (χ3v) is 4.92. The summed E-state index contributed by atoms with van der Waals surface area (Å²) in [6.07, 6.45) is 9.11. The van der Waals surface area contributed by atoms with Crippen molar-refractivity contribution in [3.8, 4) is 0 Å². The molecule has 128 valence electrons. The lowest BCUT2D eigenvalue weighted by atomic mass is 9.95. The zero-order valence-electron chi connectivity index (χ0n) is 14.4. The first-order valence-electron chi connectivity index (χ1n) is 9.26. The van der Waals surface area contributed by atoms with Gasteiger partial charge in [0.25, 0.3) is 0 Å². The summed E-state index contributed by atoms with van der Waals surface area (Å²) in [7, 11) is 0. The minimum absolute atomic E-state index is 0.236. The van der Waals surface area contributed by atoms with Crippen LogP contribution < -0.4 is 0 Å². The standard InChI is InChI=1S/C18H33NO3/c1-3-6-15(7-4-2)18(20)19-11-9-16(10-12-19)22-14-17-8-5-13-21-17/h15-17H,3-14H2,1-2H3. The van der Waals surface area contributed by atoms with E-state index in [1.54, 1.807) is 0 Å². The Kier molecular flexibility index (Phi) is 7.67. The van der Waals surface area contributed by atoms with Crippen LogP contribution in [0.5, 0.6) is 0 Å². The molecule has 0 aromatic heterocycles. The normalized spacial score (nSPS) is 23.4. The lowest BCUT2D eigenvalue weighted by Gasteiger charge is -2.34. The SMILES string of the molecule is CCCC(CCC)C(=O)N1CCC(OCC2CCCO2)CC1. The molecule has 1 atom stereocenters. The van der Waals surface area contributed by atoms with E-state index in [2.05, 4.69) is 18.7 Å². The summed E-state index contributed by atoms with van der Waals surface area (Å²) in [4.78, 5) is 14.7. The van der Waals surface area contributed by atoms with Crippen molar-refractivity contribution in [3.05, 3.63) is 0 Å². The first-order valence-corrected chi connectivity index (χ1v) is 9.26. The van der Waals surface area contributed by atoms with Crippen LogP contribution in [0.3, 0.4) is 0 Å². The molecule has 22 heavy (non-hydrogen) atoms. The van der Waals surface area contributed by atoms with Crippen LogP contribution >= 0.6 is 0 Å². The van der Waals surface area contributed by atoms with Crippen LogP contribution in [-0.4, -0.2) is 49.3 Å². The lowest BCUT2D eigenvalue weighted by molar-refractivity contribution is -0.139. The summed E-state index contributed by atoms with van der Waals surface area (Å²) in [5, 5.41) is 0. The fraction of sp³-hybridized carbons (Fsp3) is 0.944. The number of amides is 1. The van der Waals surface area contributed by atoms with Crippen molar-refractivity contribution in [2.45, 2.75) is 77.4 Å². The predicted molar refractivity (Wildman–Crippen MR) is 87.8 cm³/mol. The third kappa shape index (κ3) is 5.24. The minimum atomic E-state index is 0.236. The molecule has 4 heteroatoms. The Morgan fingerprint density at radius 3 is 2.41 bits per heavy atom. The highest BCUT2D eigenvalue weighted by Gasteiger charge is 2.28. The second-order valence-corrected chi connectivity index (χ2v) is 6.77. The molecule has 0 aromatic rings. The second kappa shape index (κ2) is 9.51. The second-order valence-electron chi connectivity index (χ2n) is 6.77. The van der Waals surface area contributed by atoms with Crippen molar-refractivity contribution in [2.75, 3.05) is 26.3 Å². The van der Waals surface area contributed by atoms with E-state index >= 15 is 0 Å². The molecule has 2 heterocycles. The average molecular weight is 311 g/mol. The van der Waals surface area contributed by atoms with E-state index in [0.717, 1.165) is 77.7 Å². The Bertz CT molecular complexity index is 314. The fourth-order valence-electron chi connectivity index (χ4n) is 3.61. The first-order chi connectivity index (χ1) is 10.7. The number of carbonyl (C=O) groups is 1. The van der Waals surface area contributed by atoms with Crippen LogP contribution in [0.1, 0.15) is 65.2 Å². The van der Waals surface area contributed by atoms with Crippen molar-refractivity contribution < 1.29 is 14.3 Å². The third-order valence-electron chi connectivity index (χ3n) is 4.92. The van der Waals surface area contributed by atoms with Gasteiger partial charge in [-0.15, -0.1) is 0 Å². The van der Waals surface area contributed by atoms with Gasteiger partial charge in [0, 0.05) is 25.6 Å².